The van der Waals surface area contributed by atoms with Gasteiger partial charge in [-0.05, 0) is 40.3 Å². The largest absolute Gasteiger partial charge is 0.467 e. The van der Waals surface area contributed by atoms with E-state index in [-0.39, 0.29) is 11.9 Å². The number of ether oxygens (including phenoxy) is 1. The van der Waals surface area contributed by atoms with Gasteiger partial charge >= 0.3 is 5.97 Å². The number of fused-ring (bicyclic) bond motifs is 1. The maximum atomic E-state index is 12.6. The number of esters is 1. The van der Waals surface area contributed by atoms with Crippen molar-refractivity contribution in [1.82, 2.24) is 4.90 Å². The van der Waals surface area contributed by atoms with E-state index in [9.17, 15) is 9.59 Å². The number of carbonyl (C=O) groups excluding carboxylic acids is 2. The molecule has 2 aliphatic rings. The molecule has 0 N–H and O–H groups in total. The van der Waals surface area contributed by atoms with E-state index in [1.807, 2.05) is 24.3 Å². The highest BCUT2D eigenvalue weighted by molar-refractivity contribution is 9.10. The van der Waals surface area contributed by atoms with Gasteiger partial charge in [0.05, 0.1) is 12.8 Å². The molecule has 5 nitrogen and oxygen atoms in total. The van der Waals surface area contributed by atoms with Gasteiger partial charge in [-0.1, -0.05) is 12.1 Å². The topological polar surface area (TPSA) is 49.9 Å². The van der Waals surface area contributed by atoms with Crippen molar-refractivity contribution in [2.45, 2.75) is 11.4 Å². The third kappa shape index (κ3) is 2.25. The Hall–Kier alpha value is -1.12. The molecular formula is C13H11BrN2O3S2. The molecular weight excluding hydrogens is 376 g/mol. The van der Waals surface area contributed by atoms with E-state index in [0.29, 0.717) is 16.6 Å². The Kier molecular flexibility index (Phi) is 3.94. The predicted octanol–water partition coefficient (Wildman–Crippen LogP) is 2.00. The minimum atomic E-state index is -0.552. The number of para-hydroxylation sites is 1. The molecule has 21 heavy (non-hydrogen) atoms. The number of hydrogen-bond donors (Lipinski definition) is 0. The van der Waals surface area contributed by atoms with Gasteiger partial charge in [0.25, 0.3) is 5.91 Å². The maximum absolute atomic E-state index is 12.6. The third-order valence-electron chi connectivity index (χ3n) is 3.41. The first kappa shape index (κ1) is 14.8. The maximum Gasteiger partial charge on any atom is 0.339 e. The molecule has 0 radical (unpaired) electrons. The Balaban J connectivity index is 1.97. The molecule has 2 aliphatic heterocycles. The number of nitrogens with zero attached hydrogens (tertiary/aromatic N) is 2. The summed E-state index contributed by atoms with van der Waals surface area (Å²) in [6, 6.07) is 6.97. The standard InChI is InChI=1S/C13H11BrN2O3S2/c1-19-12(18)11-16-9(6-21-11)10(17)15(13(16)20)8-5-3-2-4-7(8)14/h2-5,9,11H,6H2,1H3/t9-,11+/m1/s1. The third-order valence-corrected chi connectivity index (χ3v) is 5.72. The highest BCUT2D eigenvalue weighted by Gasteiger charge is 2.53. The fourth-order valence-corrected chi connectivity index (χ4v) is 4.68. The van der Waals surface area contributed by atoms with Crippen molar-refractivity contribution in [2.24, 2.45) is 0 Å². The average Bonchev–Trinajstić information content (AvgIpc) is 3.01. The number of amides is 1. The molecule has 8 heteroatoms. The fourth-order valence-electron chi connectivity index (χ4n) is 2.43. The Morgan fingerprint density at radius 1 is 1.48 bits per heavy atom. The van der Waals surface area contributed by atoms with Crippen LogP contribution in [0, 0.1) is 0 Å². The number of carbonyl (C=O) groups is 2. The normalized spacial score (nSPS) is 24.5. The second kappa shape index (κ2) is 5.58. The van der Waals surface area contributed by atoms with E-state index >= 15 is 0 Å². The summed E-state index contributed by atoms with van der Waals surface area (Å²) in [4.78, 5) is 27.6. The summed E-state index contributed by atoms with van der Waals surface area (Å²) in [5.74, 6) is 0.0390. The molecule has 0 bridgehead atoms. The smallest absolute Gasteiger partial charge is 0.339 e. The first-order valence-corrected chi connectivity index (χ1v) is 8.41. The van der Waals surface area contributed by atoms with E-state index in [4.69, 9.17) is 17.0 Å². The summed E-state index contributed by atoms with van der Waals surface area (Å²) in [7, 11) is 1.34. The zero-order chi connectivity index (χ0) is 15.1. The van der Waals surface area contributed by atoms with Crippen LogP contribution in [0.25, 0.3) is 0 Å². The van der Waals surface area contributed by atoms with E-state index in [2.05, 4.69) is 15.9 Å². The van der Waals surface area contributed by atoms with Gasteiger partial charge in [0.15, 0.2) is 10.5 Å². The Morgan fingerprint density at radius 2 is 2.19 bits per heavy atom. The highest BCUT2D eigenvalue weighted by atomic mass is 79.9. The van der Waals surface area contributed by atoms with Crippen LogP contribution >= 0.6 is 39.9 Å². The van der Waals surface area contributed by atoms with Crippen molar-refractivity contribution >= 4 is 62.6 Å². The van der Waals surface area contributed by atoms with E-state index in [1.165, 1.54) is 23.8 Å². The van der Waals surface area contributed by atoms with Gasteiger partial charge in [-0.3, -0.25) is 9.69 Å². The van der Waals surface area contributed by atoms with Crippen molar-refractivity contribution in [3.8, 4) is 0 Å². The second-order valence-corrected chi connectivity index (χ2v) is 6.87. The number of thioether (sulfide) groups is 1. The molecule has 0 aromatic heterocycles. The Morgan fingerprint density at radius 3 is 2.86 bits per heavy atom. The summed E-state index contributed by atoms with van der Waals surface area (Å²) < 4.78 is 5.57. The molecule has 0 aliphatic carbocycles. The second-order valence-electron chi connectivity index (χ2n) is 4.54. The number of anilines is 1. The average molecular weight is 387 g/mol. The van der Waals surface area contributed by atoms with Crippen LogP contribution in [0.15, 0.2) is 28.7 Å². The minimum Gasteiger partial charge on any atom is -0.467 e. The molecule has 110 valence electrons. The zero-order valence-corrected chi connectivity index (χ0v) is 14.2. The number of hydrogen-bond acceptors (Lipinski definition) is 5. The summed E-state index contributed by atoms with van der Waals surface area (Å²) in [5.41, 5.74) is 0.690. The fraction of sp³-hybridized carbons (Fsp3) is 0.308. The lowest BCUT2D eigenvalue weighted by Gasteiger charge is -2.23. The minimum absolute atomic E-state index is 0.106. The van der Waals surface area contributed by atoms with Crippen molar-refractivity contribution in [3.63, 3.8) is 0 Å². The summed E-state index contributed by atoms with van der Waals surface area (Å²) in [6.07, 6.45) is 0. The lowest BCUT2D eigenvalue weighted by molar-refractivity contribution is -0.142. The summed E-state index contributed by atoms with van der Waals surface area (Å²) in [6.45, 7) is 0. The first-order chi connectivity index (χ1) is 10.1. The lowest BCUT2D eigenvalue weighted by atomic mass is 10.2. The van der Waals surface area contributed by atoms with Crippen LogP contribution in [-0.4, -0.2) is 46.2 Å². The molecule has 0 spiro atoms. The number of benzene rings is 1. The van der Waals surface area contributed by atoms with Gasteiger partial charge in [-0.25, -0.2) is 4.79 Å². The molecule has 2 saturated heterocycles. The van der Waals surface area contributed by atoms with Crippen LogP contribution in [0.1, 0.15) is 0 Å². The van der Waals surface area contributed by atoms with Crippen LogP contribution < -0.4 is 4.90 Å². The van der Waals surface area contributed by atoms with Crippen LogP contribution in [0.3, 0.4) is 0 Å². The molecule has 2 atom stereocenters. The first-order valence-electron chi connectivity index (χ1n) is 6.16. The van der Waals surface area contributed by atoms with Crippen LogP contribution in [0.4, 0.5) is 5.69 Å². The van der Waals surface area contributed by atoms with Gasteiger partial charge in [-0.15, -0.1) is 11.8 Å². The van der Waals surface area contributed by atoms with Crippen molar-refractivity contribution in [2.75, 3.05) is 17.8 Å². The predicted molar refractivity (Wildman–Crippen MR) is 88.1 cm³/mol. The SMILES string of the molecule is COC(=O)[C@@H]1SC[C@@H]2C(=O)N(c3ccccc3Br)C(=S)N21. The van der Waals surface area contributed by atoms with Crippen LogP contribution in [-0.2, 0) is 14.3 Å². The van der Waals surface area contributed by atoms with E-state index in [1.54, 1.807) is 4.90 Å². The number of thiocarbonyl (C=S) groups is 1. The van der Waals surface area contributed by atoms with Crippen LogP contribution in [0.2, 0.25) is 0 Å². The van der Waals surface area contributed by atoms with Gasteiger partial charge < -0.3 is 9.64 Å². The quantitative estimate of drug-likeness (QED) is 0.572. The van der Waals surface area contributed by atoms with Crippen LogP contribution in [0.5, 0.6) is 0 Å². The van der Waals surface area contributed by atoms with Gasteiger partial charge in [0.2, 0.25) is 0 Å². The molecule has 2 heterocycles. The molecule has 1 aromatic carbocycles. The summed E-state index contributed by atoms with van der Waals surface area (Å²) >= 11 is 10.2. The molecule has 2 fully saturated rings. The Bertz CT molecular complexity index is 640. The Labute approximate surface area is 139 Å². The van der Waals surface area contributed by atoms with E-state index < -0.39 is 11.4 Å². The number of halogens is 1. The van der Waals surface area contributed by atoms with Gasteiger partial charge in [-0.2, -0.15) is 0 Å². The summed E-state index contributed by atoms with van der Waals surface area (Å²) in [5, 5.41) is -0.207. The number of rotatable bonds is 2. The van der Waals surface area contributed by atoms with E-state index in [0.717, 1.165) is 4.47 Å². The molecule has 0 unspecified atom stereocenters. The zero-order valence-electron chi connectivity index (χ0n) is 11.0. The number of methoxy groups -OCH3 is 1. The monoisotopic (exact) mass is 386 g/mol. The molecule has 0 saturated carbocycles. The molecule has 1 amide bonds. The lowest BCUT2D eigenvalue weighted by Crippen LogP contribution is -2.41. The molecule has 3 rings (SSSR count). The van der Waals surface area contributed by atoms with Gasteiger partial charge in [0.1, 0.15) is 6.04 Å². The van der Waals surface area contributed by atoms with Crippen molar-refractivity contribution in [3.05, 3.63) is 28.7 Å². The highest BCUT2D eigenvalue weighted by Crippen LogP contribution is 2.39. The van der Waals surface area contributed by atoms with Crippen molar-refractivity contribution < 1.29 is 14.3 Å². The van der Waals surface area contributed by atoms with Gasteiger partial charge in [0, 0.05) is 10.2 Å². The molecule has 1 aromatic rings. The van der Waals surface area contributed by atoms with Crippen molar-refractivity contribution in [1.29, 1.82) is 0 Å².